The molecule has 5 nitrogen and oxygen atoms in total. The number of nitrogens with zero attached hydrogens (tertiary/aromatic N) is 1. The van der Waals surface area contributed by atoms with Crippen LogP contribution in [0, 0.1) is 0 Å². The SMILES string of the molecule is CC(C)(C)c1ccc(CCC(=O)ON2C(=O)c3ccccc3C2=O)cc1. The number of hydroxylamine groups is 2. The second-order valence-electron chi connectivity index (χ2n) is 7.36. The first kappa shape index (κ1) is 17.9. The van der Waals surface area contributed by atoms with E-state index in [0.29, 0.717) is 11.5 Å². The van der Waals surface area contributed by atoms with Gasteiger partial charge in [0, 0.05) is 0 Å². The Balaban J connectivity index is 1.59. The van der Waals surface area contributed by atoms with E-state index in [1.165, 1.54) is 5.56 Å². The van der Waals surface area contributed by atoms with Gasteiger partial charge < -0.3 is 4.84 Å². The normalized spacial score (nSPS) is 13.7. The molecule has 0 aliphatic carbocycles. The monoisotopic (exact) mass is 351 g/mol. The zero-order valence-corrected chi connectivity index (χ0v) is 15.1. The van der Waals surface area contributed by atoms with Crippen molar-refractivity contribution in [3.8, 4) is 0 Å². The van der Waals surface area contributed by atoms with Crippen molar-refractivity contribution in [1.82, 2.24) is 5.06 Å². The zero-order valence-electron chi connectivity index (χ0n) is 15.1. The summed E-state index contributed by atoms with van der Waals surface area (Å²) in [5, 5.41) is 0.551. The van der Waals surface area contributed by atoms with E-state index in [0.717, 1.165) is 5.56 Å². The van der Waals surface area contributed by atoms with Gasteiger partial charge in [0.25, 0.3) is 11.8 Å². The molecule has 134 valence electrons. The Morgan fingerprint density at radius 1 is 0.923 bits per heavy atom. The Labute approximate surface area is 152 Å². The average molecular weight is 351 g/mol. The van der Waals surface area contributed by atoms with Gasteiger partial charge >= 0.3 is 5.97 Å². The van der Waals surface area contributed by atoms with Crippen LogP contribution >= 0.6 is 0 Å². The lowest BCUT2D eigenvalue weighted by Gasteiger charge is -2.19. The van der Waals surface area contributed by atoms with Gasteiger partial charge in [-0.05, 0) is 35.1 Å². The Morgan fingerprint density at radius 2 is 1.46 bits per heavy atom. The number of benzene rings is 2. The maximum Gasteiger partial charge on any atom is 0.333 e. The summed E-state index contributed by atoms with van der Waals surface area (Å²) < 4.78 is 0. The lowest BCUT2D eigenvalue weighted by molar-refractivity contribution is -0.168. The van der Waals surface area contributed by atoms with E-state index in [4.69, 9.17) is 4.84 Å². The Hall–Kier alpha value is -2.95. The molecular weight excluding hydrogens is 330 g/mol. The van der Waals surface area contributed by atoms with Gasteiger partial charge in [0.05, 0.1) is 17.5 Å². The maximum atomic E-state index is 12.2. The second kappa shape index (κ2) is 6.75. The van der Waals surface area contributed by atoms with Crippen LogP contribution in [0.4, 0.5) is 0 Å². The van der Waals surface area contributed by atoms with Crippen molar-refractivity contribution in [1.29, 1.82) is 0 Å². The summed E-state index contributed by atoms with van der Waals surface area (Å²) in [6.45, 7) is 6.42. The molecule has 26 heavy (non-hydrogen) atoms. The molecule has 0 atom stereocenters. The first-order valence-electron chi connectivity index (χ1n) is 8.55. The minimum Gasteiger partial charge on any atom is -0.330 e. The van der Waals surface area contributed by atoms with Crippen LogP contribution in [-0.4, -0.2) is 22.8 Å². The third-order valence-electron chi connectivity index (χ3n) is 4.39. The quantitative estimate of drug-likeness (QED) is 0.789. The van der Waals surface area contributed by atoms with E-state index in [1.54, 1.807) is 24.3 Å². The van der Waals surface area contributed by atoms with Crippen molar-refractivity contribution >= 4 is 17.8 Å². The number of imide groups is 1. The van der Waals surface area contributed by atoms with E-state index >= 15 is 0 Å². The molecule has 2 aromatic carbocycles. The summed E-state index contributed by atoms with van der Waals surface area (Å²) in [6.07, 6.45) is 0.564. The van der Waals surface area contributed by atoms with Gasteiger partial charge in [-0.15, -0.1) is 0 Å². The molecule has 5 heteroatoms. The lowest BCUT2D eigenvalue weighted by atomic mass is 9.86. The van der Waals surface area contributed by atoms with Crippen molar-refractivity contribution in [2.45, 2.75) is 39.0 Å². The first-order chi connectivity index (χ1) is 12.3. The van der Waals surface area contributed by atoms with Crippen LogP contribution < -0.4 is 0 Å². The van der Waals surface area contributed by atoms with Crippen LogP contribution in [-0.2, 0) is 21.5 Å². The van der Waals surface area contributed by atoms with Gasteiger partial charge in [0.2, 0.25) is 0 Å². The average Bonchev–Trinajstić information content (AvgIpc) is 2.85. The second-order valence-corrected chi connectivity index (χ2v) is 7.36. The van der Waals surface area contributed by atoms with Crippen LogP contribution in [0.1, 0.15) is 59.0 Å². The smallest absolute Gasteiger partial charge is 0.330 e. The van der Waals surface area contributed by atoms with E-state index in [9.17, 15) is 14.4 Å². The van der Waals surface area contributed by atoms with Crippen molar-refractivity contribution in [2.24, 2.45) is 0 Å². The van der Waals surface area contributed by atoms with E-state index in [-0.39, 0.29) is 23.0 Å². The van der Waals surface area contributed by atoms with Crippen molar-refractivity contribution < 1.29 is 19.2 Å². The number of aryl methyl sites for hydroxylation is 1. The highest BCUT2D eigenvalue weighted by Crippen LogP contribution is 2.24. The first-order valence-corrected chi connectivity index (χ1v) is 8.55. The lowest BCUT2D eigenvalue weighted by Crippen LogP contribution is -2.32. The Bertz CT molecular complexity index is 827. The molecule has 0 fully saturated rings. The third-order valence-corrected chi connectivity index (χ3v) is 4.39. The molecule has 0 saturated heterocycles. The van der Waals surface area contributed by atoms with Gasteiger partial charge in [0.1, 0.15) is 0 Å². The number of hydrogen-bond acceptors (Lipinski definition) is 4. The number of fused-ring (bicyclic) bond motifs is 1. The molecule has 0 bridgehead atoms. The van der Waals surface area contributed by atoms with E-state index in [1.807, 2.05) is 24.3 Å². The van der Waals surface area contributed by atoms with Gasteiger partial charge in [-0.25, -0.2) is 4.79 Å². The summed E-state index contributed by atoms with van der Waals surface area (Å²) in [7, 11) is 0. The molecule has 1 aliphatic heterocycles. The van der Waals surface area contributed by atoms with Crippen molar-refractivity contribution in [3.63, 3.8) is 0 Å². The number of amides is 2. The highest BCUT2D eigenvalue weighted by Gasteiger charge is 2.38. The van der Waals surface area contributed by atoms with Crippen LogP contribution in [0.3, 0.4) is 0 Å². The molecule has 0 unspecified atom stereocenters. The number of carbonyl (C=O) groups excluding carboxylic acids is 3. The largest absolute Gasteiger partial charge is 0.333 e. The van der Waals surface area contributed by atoms with E-state index < -0.39 is 17.8 Å². The fourth-order valence-corrected chi connectivity index (χ4v) is 2.82. The summed E-state index contributed by atoms with van der Waals surface area (Å²) in [5.41, 5.74) is 2.79. The van der Waals surface area contributed by atoms with Gasteiger partial charge in [0.15, 0.2) is 0 Å². The number of hydrogen-bond donors (Lipinski definition) is 0. The highest BCUT2D eigenvalue weighted by atomic mass is 16.7. The summed E-state index contributed by atoms with van der Waals surface area (Å²) in [6, 6.07) is 14.5. The molecule has 0 aromatic heterocycles. The van der Waals surface area contributed by atoms with Gasteiger partial charge in [-0.3, -0.25) is 9.59 Å². The molecule has 3 rings (SSSR count). The van der Waals surface area contributed by atoms with Crippen LogP contribution in [0.5, 0.6) is 0 Å². The fourth-order valence-electron chi connectivity index (χ4n) is 2.82. The summed E-state index contributed by atoms with van der Waals surface area (Å²) in [4.78, 5) is 41.4. The molecule has 2 amide bonds. The minimum absolute atomic E-state index is 0.0724. The minimum atomic E-state index is -0.612. The van der Waals surface area contributed by atoms with Gasteiger partial charge in [-0.1, -0.05) is 62.2 Å². The molecule has 2 aromatic rings. The van der Waals surface area contributed by atoms with Crippen LogP contribution in [0.15, 0.2) is 48.5 Å². The van der Waals surface area contributed by atoms with Crippen molar-refractivity contribution in [2.75, 3.05) is 0 Å². The predicted octanol–water partition coefficient (Wildman–Crippen LogP) is 3.67. The van der Waals surface area contributed by atoms with Crippen molar-refractivity contribution in [3.05, 3.63) is 70.8 Å². The molecule has 0 saturated carbocycles. The topological polar surface area (TPSA) is 63.7 Å². The molecular formula is C21H21NO4. The molecule has 0 spiro atoms. The van der Waals surface area contributed by atoms with E-state index in [2.05, 4.69) is 20.8 Å². The Morgan fingerprint density at radius 3 is 1.96 bits per heavy atom. The third kappa shape index (κ3) is 3.52. The van der Waals surface area contributed by atoms with Crippen LogP contribution in [0.25, 0.3) is 0 Å². The maximum absolute atomic E-state index is 12.2. The standard InChI is InChI=1S/C21H21NO4/c1-21(2,3)15-11-8-14(9-12-15)10-13-18(23)26-22-19(24)16-6-4-5-7-17(16)20(22)25/h4-9,11-12H,10,13H2,1-3H3. The zero-order chi connectivity index (χ0) is 18.9. The fraction of sp³-hybridized carbons (Fsp3) is 0.286. The Kier molecular flexibility index (Phi) is 4.64. The molecule has 1 heterocycles. The number of rotatable bonds is 4. The molecule has 0 N–H and O–H groups in total. The molecule has 1 aliphatic rings. The summed E-state index contributed by atoms with van der Waals surface area (Å²) >= 11 is 0. The molecule has 0 radical (unpaired) electrons. The van der Waals surface area contributed by atoms with Gasteiger partial charge in [-0.2, -0.15) is 0 Å². The summed E-state index contributed by atoms with van der Waals surface area (Å²) in [5.74, 6) is -1.82. The predicted molar refractivity (Wildman–Crippen MR) is 96.5 cm³/mol. The van der Waals surface area contributed by atoms with Crippen LogP contribution in [0.2, 0.25) is 0 Å². The number of carbonyl (C=O) groups is 3. The highest BCUT2D eigenvalue weighted by molar-refractivity contribution is 6.20.